The van der Waals surface area contributed by atoms with Crippen LogP contribution in [0.15, 0.2) is 22.7 Å². The second kappa shape index (κ2) is 5.80. The number of aromatic amines is 1. The number of rotatable bonds is 2. The van der Waals surface area contributed by atoms with Gasteiger partial charge in [0.05, 0.1) is 5.56 Å². The van der Waals surface area contributed by atoms with E-state index in [0.29, 0.717) is 17.3 Å². The van der Waals surface area contributed by atoms with E-state index in [2.05, 4.69) is 41.3 Å². The van der Waals surface area contributed by atoms with Crippen LogP contribution in [0.1, 0.15) is 6.42 Å². The van der Waals surface area contributed by atoms with Crippen molar-refractivity contribution < 1.29 is 5.11 Å². The molecule has 3 N–H and O–H groups in total. The summed E-state index contributed by atoms with van der Waals surface area (Å²) in [4.78, 5) is 6.64. The number of hydrogen-bond acceptors (Lipinski definition) is 5. The molecule has 0 amide bonds. The van der Waals surface area contributed by atoms with Crippen molar-refractivity contribution >= 4 is 21.9 Å². The molecule has 0 saturated carbocycles. The topological polar surface area (TPSA) is 77.1 Å². The predicted octanol–water partition coefficient (Wildman–Crippen LogP) is 1.74. The first kappa shape index (κ1) is 13.4. The molecule has 0 atom stereocenters. The number of aromatic hydroxyl groups is 1. The minimum atomic E-state index is 0.180. The SMILES string of the molecule is Oc1cc(Br)ccc1-c1nc(N2CCCNCC2)n[nH]1. The van der Waals surface area contributed by atoms with Crippen LogP contribution in [0.4, 0.5) is 5.95 Å². The van der Waals surface area contributed by atoms with E-state index >= 15 is 0 Å². The first-order chi connectivity index (χ1) is 9.74. The van der Waals surface area contributed by atoms with E-state index in [0.717, 1.165) is 37.1 Å². The largest absolute Gasteiger partial charge is 0.507 e. The van der Waals surface area contributed by atoms with Crippen LogP contribution in [-0.2, 0) is 0 Å². The maximum absolute atomic E-state index is 9.97. The Morgan fingerprint density at radius 1 is 1.25 bits per heavy atom. The van der Waals surface area contributed by atoms with Gasteiger partial charge in [0.25, 0.3) is 0 Å². The van der Waals surface area contributed by atoms with Gasteiger partial charge in [0.15, 0.2) is 5.82 Å². The third kappa shape index (κ3) is 2.78. The van der Waals surface area contributed by atoms with E-state index in [-0.39, 0.29) is 5.75 Å². The molecule has 1 aromatic carbocycles. The summed E-state index contributed by atoms with van der Waals surface area (Å²) in [5.41, 5.74) is 0.653. The van der Waals surface area contributed by atoms with E-state index in [1.807, 2.05) is 12.1 Å². The monoisotopic (exact) mass is 337 g/mol. The van der Waals surface area contributed by atoms with Crippen molar-refractivity contribution in [2.24, 2.45) is 0 Å². The molecule has 7 heteroatoms. The van der Waals surface area contributed by atoms with Crippen molar-refractivity contribution in [2.75, 3.05) is 31.1 Å². The summed E-state index contributed by atoms with van der Waals surface area (Å²) in [5.74, 6) is 1.45. The Kier molecular flexibility index (Phi) is 3.88. The van der Waals surface area contributed by atoms with Gasteiger partial charge < -0.3 is 15.3 Å². The summed E-state index contributed by atoms with van der Waals surface area (Å²) < 4.78 is 0.831. The number of H-pyrrole nitrogens is 1. The van der Waals surface area contributed by atoms with Crippen molar-refractivity contribution in [3.05, 3.63) is 22.7 Å². The highest BCUT2D eigenvalue weighted by atomic mass is 79.9. The normalized spacial score (nSPS) is 16.1. The van der Waals surface area contributed by atoms with Gasteiger partial charge >= 0.3 is 0 Å². The van der Waals surface area contributed by atoms with Crippen molar-refractivity contribution in [2.45, 2.75) is 6.42 Å². The average Bonchev–Trinajstić information content (AvgIpc) is 2.74. The Morgan fingerprint density at radius 2 is 2.15 bits per heavy atom. The highest BCUT2D eigenvalue weighted by Crippen LogP contribution is 2.30. The molecule has 6 nitrogen and oxygen atoms in total. The van der Waals surface area contributed by atoms with Crippen LogP contribution in [0.5, 0.6) is 5.75 Å². The number of nitrogens with one attached hydrogen (secondary N) is 2. The molecule has 3 rings (SSSR count). The molecule has 0 unspecified atom stereocenters. The van der Waals surface area contributed by atoms with Crippen molar-refractivity contribution in [3.8, 4) is 17.1 Å². The zero-order valence-corrected chi connectivity index (χ0v) is 12.5. The summed E-state index contributed by atoms with van der Waals surface area (Å²) in [6.45, 7) is 3.80. The Bertz CT molecular complexity index is 592. The summed E-state index contributed by atoms with van der Waals surface area (Å²) >= 11 is 3.32. The number of benzene rings is 1. The van der Waals surface area contributed by atoms with Crippen molar-refractivity contribution in [1.29, 1.82) is 0 Å². The number of phenolic OH excluding ortho intramolecular Hbond substituents is 1. The molecule has 106 valence electrons. The summed E-state index contributed by atoms with van der Waals surface area (Å²) in [6.07, 6.45) is 1.08. The number of hydrogen-bond donors (Lipinski definition) is 3. The number of anilines is 1. The zero-order chi connectivity index (χ0) is 13.9. The van der Waals surface area contributed by atoms with E-state index in [4.69, 9.17) is 0 Å². The first-order valence-corrected chi connectivity index (χ1v) is 7.40. The highest BCUT2D eigenvalue weighted by Gasteiger charge is 2.16. The number of aromatic nitrogens is 3. The van der Waals surface area contributed by atoms with Crippen LogP contribution in [0, 0.1) is 0 Å². The van der Waals surface area contributed by atoms with Gasteiger partial charge in [-0.3, -0.25) is 5.10 Å². The molecule has 0 bridgehead atoms. The van der Waals surface area contributed by atoms with Crippen molar-refractivity contribution in [1.82, 2.24) is 20.5 Å². The van der Waals surface area contributed by atoms with Crippen LogP contribution in [0.3, 0.4) is 0 Å². The number of nitrogens with zero attached hydrogens (tertiary/aromatic N) is 3. The van der Waals surface area contributed by atoms with Gasteiger partial charge in [0.1, 0.15) is 5.75 Å². The standard InChI is InChI=1S/C13H16BrN5O/c14-9-2-3-10(11(20)8-9)12-16-13(18-17-12)19-6-1-4-15-5-7-19/h2-3,8,15,20H,1,4-7H2,(H,16,17,18). The third-order valence-electron chi connectivity index (χ3n) is 3.31. The lowest BCUT2D eigenvalue weighted by Gasteiger charge is -2.16. The van der Waals surface area contributed by atoms with E-state index in [1.165, 1.54) is 0 Å². The van der Waals surface area contributed by atoms with Gasteiger partial charge in [-0.2, -0.15) is 4.98 Å². The lowest BCUT2D eigenvalue weighted by molar-refractivity contribution is 0.476. The molecule has 2 aromatic rings. The third-order valence-corrected chi connectivity index (χ3v) is 3.80. The Balaban J connectivity index is 1.85. The summed E-state index contributed by atoms with van der Waals surface area (Å²) in [7, 11) is 0. The van der Waals surface area contributed by atoms with Crippen LogP contribution >= 0.6 is 15.9 Å². The molecule has 1 aliphatic rings. The predicted molar refractivity (Wildman–Crippen MR) is 80.9 cm³/mol. The molecule has 1 aromatic heterocycles. The zero-order valence-electron chi connectivity index (χ0n) is 10.9. The van der Waals surface area contributed by atoms with Crippen LogP contribution < -0.4 is 10.2 Å². The molecule has 0 radical (unpaired) electrons. The first-order valence-electron chi connectivity index (χ1n) is 6.61. The average molecular weight is 338 g/mol. The maximum atomic E-state index is 9.97. The fourth-order valence-electron chi connectivity index (χ4n) is 2.27. The lowest BCUT2D eigenvalue weighted by atomic mass is 10.2. The smallest absolute Gasteiger partial charge is 0.245 e. The second-order valence-corrected chi connectivity index (χ2v) is 5.65. The Labute approximate surface area is 125 Å². The maximum Gasteiger partial charge on any atom is 0.245 e. The fourth-order valence-corrected chi connectivity index (χ4v) is 2.61. The van der Waals surface area contributed by atoms with Gasteiger partial charge in [-0.1, -0.05) is 15.9 Å². The molecule has 2 heterocycles. The quantitative estimate of drug-likeness (QED) is 0.778. The molecule has 1 fully saturated rings. The molecule has 0 aliphatic carbocycles. The molecule has 1 saturated heterocycles. The van der Waals surface area contributed by atoms with Crippen LogP contribution in [-0.4, -0.2) is 46.5 Å². The second-order valence-electron chi connectivity index (χ2n) is 4.74. The Hall–Kier alpha value is -1.60. The molecule has 0 spiro atoms. The minimum Gasteiger partial charge on any atom is -0.507 e. The fraction of sp³-hybridized carbons (Fsp3) is 0.385. The molecular formula is C13H16BrN5O. The number of halogens is 1. The van der Waals surface area contributed by atoms with Gasteiger partial charge in [0, 0.05) is 24.1 Å². The minimum absolute atomic E-state index is 0.180. The lowest BCUT2D eigenvalue weighted by Crippen LogP contribution is -2.28. The van der Waals surface area contributed by atoms with Gasteiger partial charge in [0.2, 0.25) is 5.95 Å². The number of phenols is 1. The molecule has 1 aliphatic heterocycles. The van der Waals surface area contributed by atoms with E-state index in [1.54, 1.807) is 6.07 Å². The highest BCUT2D eigenvalue weighted by molar-refractivity contribution is 9.10. The van der Waals surface area contributed by atoms with Gasteiger partial charge in [-0.25, -0.2) is 0 Å². The summed E-state index contributed by atoms with van der Waals surface area (Å²) in [6, 6.07) is 5.33. The Morgan fingerprint density at radius 3 is 3.00 bits per heavy atom. The van der Waals surface area contributed by atoms with Crippen molar-refractivity contribution in [3.63, 3.8) is 0 Å². The van der Waals surface area contributed by atoms with Gasteiger partial charge in [-0.15, -0.1) is 5.10 Å². The summed E-state index contributed by atoms with van der Waals surface area (Å²) in [5, 5.41) is 20.5. The van der Waals surface area contributed by atoms with E-state index in [9.17, 15) is 5.11 Å². The van der Waals surface area contributed by atoms with Gasteiger partial charge in [-0.05, 0) is 31.2 Å². The van der Waals surface area contributed by atoms with Crippen LogP contribution in [0.25, 0.3) is 11.4 Å². The van der Waals surface area contributed by atoms with E-state index < -0.39 is 0 Å². The molecular weight excluding hydrogens is 322 g/mol. The molecule has 20 heavy (non-hydrogen) atoms. The van der Waals surface area contributed by atoms with Crippen LogP contribution in [0.2, 0.25) is 0 Å².